The number of carbonyl (C=O) groups excluding carboxylic acids is 1. The van der Waals surface area contributed by atoms with Gasteiger partial charge in [0.15, 0.2) is 0 Å². The fourth-order valence-corrected chi connectivity index (χ4v) is 2.65. The SMILES string of the molecule is Cc1csc(CN2CCNC(C)(C)C2=O)n1. The highest BCUT2D eigenvalue weighted by Gasteiger charge is 2.35. The molecule has 1 N–H and O–H groups in total. The second kappa shape index (κ2) is 4.14. The third-order valence-corrected chi connectivity index (χ3v) is 3.71. The highest BCUT2D eigenvalue weighted by molar-refractivity contribution is 7.09. The molecule has 1 aromatic heterocycles. The number of aryl methyl sites for hydroxylation is 1. The number of nitrogens with zero attached hydrogens (tertiary/aromatic N) is 2. The minimum atomic E-state index is -0.440. The van der Waals surface area contributed by atoms with E-state index in [2.05, 4.69) is 10.3 Å². The van der Waals surface area contributed by atoms with Crippen LogP contribution in [0, 0.1) is 6.92 Å². The molecule has 1 aliphatic heterocycles. The normalized spacial score (nSPS) is 20.2. The van der Waals surface area contributed by atoms with Crippen LogP contribution in [-0.4, -0.2) is 34.4 Å². The zero-order chi connectivity index (χ0) is 11.8. The first-order chi connectivity index (χ1) is 7.49. The van der Waals surface area contributed by atoms with E-state index < -0.39 is 5.54 Å². The van der Waals surface area contributed by atoms with Gasteiger partial charge in [0, 0.05) is 24.2 Å². The van der Waals surface area contributed by atoms with Crippen LogP contribution in [0.5, 0.6) is 0 Å². The van der Waals surface area contributed by atoms with Crippen LogP contribution < -0.4 is 5.32 Å². The number of hydrogen-bond donors (Lipinski definition) is 1. The van der Waals surface area contributed by atoms with E-state index in [-0.39, 0.29) is 5.91 Å². The molecule has 2 heterocycles. The van der Waals surface area contributed by atoms with E-state index in [1.807, 2.05) is 31.1 Å². The van der Waals surface area contributed by atoms with Crippen LogP contribution in [0.2, 0.25) is 0 Å². The summed E-state index contributed by atoms with van der Waals surface area (Å²) in [7, 11) is 0. The van der Waals surface area contributed by atoms with Crippen LogP contribution in [0.1, 0.15) is 24.5 Å². The smallest absolute Gasteiger partial charge is 0.242 e. The molecule has 2 rings (SSSR count). The molecule has 1 saturated heterocycles. The molecule has 4 nitrogen and oxygen atoms in total. The molecule has 0 aromatic carbocycles. The summed E-state index contributed by atoms with van der Waals surface area (Å²) in [4.78, 5) is 18.4. The maximum Gasteiger partial charge on any atom is 0.242 e. The van der Waals surface area contributed by atoms with Crippen LogP contribution in [0.3, 0.4) is 0 Å². The molecule has 0 radical (unpaired) electrons. The number of amides is 1. The van der Waals surface area contributed by atoms with Crippen molar-refractivity contribution in [3.05, 3.63) is 16.1 Å². The Morgan fingerprint density at radius 1 is 1.62 bits per heavy atom. The van der Waals surface area contributed by atoms with Gasteiger partial charge in [-0.15, -0.1) is 11.3 Å². The van der Waals surface area contributed by atoms with Crippen LogP contribution in [0.4, 0.5) is 0 Å². The van der Waals surface area contributed by atoms with Crippen molar-refractivity contribution < 1.29 is 4.79 Å². The van der Waals surface area contributed by atoms with E-state index in [4.69, 9.17) is 0 Å². The molecule has 0 atom stereocenters. The first-order valence-electron chi connectivity index (χ1n) is 5.44. The molecule has 0 unspecified atom stereocenters. The number of hydrogen-bond acceptors (Lipinski definition) is 4. The molecular weight excluding hydrogens is 222 g/mol. The second-order valence-electron chi connectivity index (χ2n) is 4.66. The average molecular weight is 239 g/mol. The number of thiazole rings is 1. The van der Waals surface area contributed by atoms with Gasteiger partial charge in [-0.3, -0.25) is 4.79 Å². The monoisotopic (exact) mass is 239 g/mol. The molecule has 1 aliphatic rings. The molecule has 0 aliphatic carbocycles. The molecule has 1 aromatic rings. The third kappa shape index (κ3) is 2.25. The summed E-state index contributed by atoms with van der Waals surface area (Å²) in [6, 6.07) is 0. The fourth-order valence-electron chi connectivity index (χ4n) is 1.87. The lowest BCUT2D eigenvalue weighted by Gasteiger charge is -2.37. The molecular formula is C11H17N3OS. The van der Waals surface area contributed by atoms with E-state index in [0.29, 0.717) is 6.54 Å². The molecule has 16 heavy (non-hydrogen) atoms. The molecule has 88 valence electrons. The Kier molecular flexibility index (Phi) is 2.99. The predicted molar refractivity (Wildman–Crippen MR) is 64.3 cm³/mol. The van der Waals surface area contributed by atoms with Crippen LogP contribution in [-0.2, 0) is 11.3 Å². The molecule has 1 amide bonds. The van der Waals surface area contributed by atoms with Crippen molar-refractivity contribution in [1.82, 2.24) is 15.2 Å². The summed E-state index contributed by atoms with van der Waals surface area (Å²) >= 11 is 1.62. The van der Waals surface area contributed by atoms with E-state index in [1.165, 1.54) is 0 Å². The third-order valence-electron chi connectivity index (χ3n) is 2.76. The minimum absolute atomic E-state index is 0.159. The van der Waals surface area contributed by atoms with Gasteiger partial charge < -0.3 is 10.2 Å². The van der Waals surface area contributed by atoms with Gasteiger partial charge in [0.2, 0.25) is 5.91 Å². The Labute approximate surface area is 99.7 Å². The van der Waals surface area contributed by atoms with Crippen molar-refractivity contribution in [3.8, 4) is 0 Å². The van der Waals surface area contributed by atoms with E-state index >= 15 is 0 Å². The summed E-state index contributed by atoms with van der Waals surface area (Å²) in [5.41, 5.74) is 0.590. The summed E-state index contributed by atoms with van der Waals surface area (Å²) in [6.07, 6.45) is 0. The van der Waals surface area contributed by atoms with Crippen molar-refractivity contribution in [2.24, 2.45) is 0 Å². The molecule has 0 bridgehead atoms. The summed E-state index contributed by atoms with van der Waals surface area (Å²) in [5.74, 6) is 0.159. The second-order valence-corrected chi connectivity index (χ2v) is 5.60. The van der Waals surface area contributed by atoms with Crippen molar-refractivity contribution in [2.45, 2.75) is 32.9 Å². The Hall–Kier alpha value is -0.940. The van der Waals surface area contributed by atoms with Crippen LogP contribution in [0.15, 0.2) is 5.38 Å². The highest BCUT2D eigenvalue weighted by Crippen LogP contribution is 2.17. The maximum atomic E-state index is 12.1. The lowest BCUT2D eigenvalue weighted by Crippen LogP contribution is -2.60. The van der Waals surface area contributed by atoms with Gasteiger partial charge in [-0.25, -0.2) is 4.98 Å². The minimum Gasteiger partial charge on any atom is -0.333 e. The first-order valence-corrected chi connectivity index (χ1v) is 6.32. The zero-order valence-electron chi connectivity index (χ0n) is 9.91. The quantitative estimate of drug-likeness (QED) is 0.842. The van der Waals surface area contributed by atoms with Crippen LogP contribution in [0.25, 0.3) is 0 Å². The standard InChI is InChI=1S/C11H17N3OS/c1-8-7-16-9(13-8)6-14-5-4-12-11(2,3)10(14)15/h7,12H,4-6H2,1-3H3. The Morgan fingerprint density at radius 2 is 2.38 bits per heavy atom. The average Bonchev–Trinajstić information content (AvgIpc) is 2.59. The number of aromatic nitrogens is 1. The van der Waals surface area contributed by atoms with Crippen molar-refractivity contribution >= 4 is 17.2 Å². The van der Waals surface area contributed by atoms with Gasteiger partial charge >= 0.3 is 0 Å². The summed E-state index contributed by atoms with van der Waals surface area (Å²) in [5, 5.41) is 6.26. The predicted octanol–water partition coefficient (Wildman–Crippen LogP) is 1.16. The van der Waals surface area contributed by atoms with E-state index in [1.54, 1.807) is 11.3 Å². The molecule has 0 spiro atoms. The number of rotatable bonds is 2. The van der Waals surface area contributed by atoms with E-state index in [9.17, 15) is 4.79 Å². The van der Waals surface area contributed by atoms with Gasteiger partial charge in [-0.2, -0.15) is 0 Å². The molecule has 5 heteroatoms. The van der Waals surface area contributed by atoms with E-state index in [0.717, 1.165) is 23.8 Å². The molecule has 0 saturated carbocycles. The van der Waals surface area contributed by atoms with Crippen molar-refractivity contribution in [3.63, 3.8) is 0 Å². The Morgan fingerprint density at radius 3 is 3.00 bits per heavy atom. The van der Waals surface area contributed by atoms with Gasteiger partial charge in [-0.1, -0.05) is 0 Å². The van der Waals surface area contributed by atoms with Gasteiger partial charge in [0.25, 0.3) is 0 Å². The van der Waals surface area contributed by atoms with Gasteiger partial charge in [0.1, 0.15) is 5.01 Å². The Bertz CT molecular complexity index is 400. The van der Waals surface area contributed by atoms with Crippen molar-refractivity contribution in [1.29, 1.82) is 0 Å². The lowest BCUT2D eigenvalue weighted by atomic mass is 10.0. The largest absolute Gasteiger partial charge is 0.333 e. The summed E-state index contributed by atoms with van der Waals surface area (Å²) < 4.78 is 0. The maximum absolute atomic E-state index is 12.1. The summed E-state index contributed by atoms with van der Waals surface area (Å²) in [6.45, 7) is 8.08. The van der Waals surface area contributed by atoms with Crippen LogP contribution >= 0.6 is 11.3 Å². The lowest BCUT2D eigenvalue weighted by molar-refractivity contribution is -0.140. The first kappa shape index (κ1) is 11.5. The number of carbonyl (C=O) groups is 1. The molecule has 1 fully saturated rings. The van der Waals surface area contributed by atoms with Crippen molar-refractivity contribution in [2.75, 3.05) is 13.1 Å². The van der Waals surface area contributed by atoms with Gasteiger partial charge in [0.05, 0.1) is 12.1 Å². The Balaban J connectivity index is 2.07. The number of piperazine rings is 1. The fraction of sp³-hybridized carbons (Fsp3) is 0.636. The highest BCUT2D eigenvalue weighted by atomic mass is 32.1. The zero-order valence-corrected chi connectivity index (χ0v) is 10.7. The van der Waals surface area contributed by atoms with Gasteiger partial charge in [-0.05, 0) is 20.8 Å². The number of nitrogens with one attached hydrogen (secondary N) is 1. The topological polar surface area (TPSA) is 45.2 Å².